The molecule has 3 rings (SSSR count). The Kier molecular flexibility index (Phi) is 3.91. The van der Waals surface area contributed by atoms with Gasteiger partial charge in [-0.3, -0.25) is 9.78 Å². The van der Waals surface area contributed by atoms with E-state index in [-0.39, 0.29) is 5.69 Å². The van der Waals surface area contributed by atoms with Crippen LogP contribution in [-0.4, -0.2) is 32.9 Å². The van der Waals surface area contributed by atoms with Gasteiger partial charge in [0.25, 0.3) is 0 Å². The summed E-state index contributed by atoms with van der Waals surface area (Å²) >= 11 is 0. The van der Waals surface area contributed by atoms with Crippen LogP contribution >= 0.6 is 0 Å². The van der Waals surface area contributed by atoms with E-state index in [1.165, 1.54) is 0 Å². The smallest absolute Gasteiger partial charge is 0.172 e. The maximum absolute atomic E-state index is 11.2. The number of aldehydes is 1. The molecule has 0 fully saturated rings. The molecule has 0 aliphatic carbocycles. The number of carbonyl (C=O) groups excluding carboxylic acids is 1. The second kappa shape index (κ2) is 6.17. The number of nitrogens with zero attached hydrogens (tertiary/aromatic N) is 4. The highest BCUT2D eigenvalue weighted by Crippen LogP contribution is 2.24. The fourth-order valence-corrected chi connectivity index (χ4v) is 2.18. The Morgan fingerprint density at radius 2 is 2.05 bits per heavy atom. The fourth-order valence-electron chi connectivity index (χ4n) is 2.18. The zero-order chi connectivity index (χ0) is 15.4. The van der Waals surface area contributed by atoms with Crippen LogP contribution in [0.15, 0.2) is 48.8 Å². The molecule has 0 atom stereocenters. The number of benzene rings is 1. The Balaban J connectivity index is 2.08. The lowest BCUT2D eigenvalue weighted by atomic mass is 10.1. The number of carbonyl (C=O) groups is 1. The number of rotatable bonds is 5. The lowest BCUT2D eigenvalue weighted by Gasteiger charge is -2.08. The van der Waals surface area contributed by atoms with E-state index in [0.717, 1.165) is 17.0 Å². The first kappa shape index (κ1) is 13.9. The van der Waals surface area contributed by atoms with Crippen molar-refractivity contribution in [1.29, 1.82) is 0 Å². The molecule has 0 amide bonds. The van der Waals surface area contributed by atoms with E-state index in [1.54, 1.807) is 23.1 Å². The van der Waals surface area contributed by atoms with E-state index in [1.807, 2.05) is 37.3 Å². The van der Waals surface area contributed by atoms with Gasteiger partial charge in [0.1, 0.15) is 11.4 Å². The molecule has 0 radical (unpaired) electrons. The van der Waals surface area contributed by atoms with Crippen molar-refractivity contribution in [3.63, 3.8) is 0 Å². The minimum atomic E-state index is 0.280. The van der Waals surface area contributed by atoms with E-state index in [0.29, 0.717) is 18.6 Å². The van der Waals surface area contributed by atoms with E-state index >= 15 is 0 Å². The third-order valence-corrected chi connectivity index (χ3v) is 3.14. The van der Waals surface area contributed by atoms with Gasteiger partial charge in [-0.25, -0.2) is 4.68 Å². The van der Waals surface area contributed by atoms with Crippen LogP contribution in [-0.2, 0) is 0 Å². The average molecular weight is 294 g/mol. The second-order valence-electron chi connectivity index (χ2n) is 4.52. The first-order valence-electron chi connectivity index (χ1n) is 6.88. The zero-order valence-electron chi connectivity index (χ0n) is 12.0. The molecular formula is C16H14N4O2. The summed E-state index contributed by atoms with van der Waals surface area (Å²) in [6, 6.07) is 11.1. The minimum Gasteiger partial charge on any atom is -0.494 e. The fraction of sp³-hybridized carbons (Fsp3) is 0.125. The van der Waals surface area contributed by atoms with Crippen LogP contribution in [0.5, 0.6) is 5.75 Å². The predicted molar refractivity (Wildman–Crippen MR) is 81.1 cm³/mol. The van der Waals surface area contributed by atoms with Gasteiger partial charge in [0.15, 0.2) is 12.0 Å². The molecule has 0 spiro atoms. The molecule has 0 unspecified atom stereocenters. The molecule has 2 aromatic heterocycles. The second-order valence-corrected chi connectivity index (χ2v) is 4.52. The Labute approximate surface area is 127 Å². The number of aromatic nitrogens is 4. The molecule has 0 N–H and O–H groups in total. The van der Waals surface area contributed by atoms with E-state index < -0.39 is 0 Å². The summed E-state index contributed by atoms with van der Waals surface area (Å²) in [5, 5.41) is 8.01. The van der Waals surface area contributed by atoms with Crippen LogP contribution in [0.4, 0.5) is 0 Å². The van der Waals surface area contributed by atoms with Gasteiger partial charge in [-0.05, 0) is 43.3 Å². The lowest BCUT2D eigenvalue weighted by molar-refractivity contribution is 0.111. The van der Waals surface area contributed by atoms with Crippen LogP contribution < -0.4 is 4.74 Å². The standard InChI is InChI=1S/C16H14N4O2/c1-2-22-14-7-5-13(6-8-14)20-16(15(11-21)18-19-20)12-4-3-9-17-10-12/h3-11H,2H2,1H3. The largest absolute Gasteiger partial charge is 0.494 e. The summed E-state index contributed by atoms with van der Waals surface area (Å²) in [6.45, 7) is 2.54. The number of ether oxygens (including phenoxy) is 1. The van der Waals surface area contributed by atoms with Gasteiger partial charge in [0.05, 0.1) is 12.3 Å². The van der Waals surface area contributed by atoms with E-state index in [2.05, 4.69) is 15.3 Å². The van der Waals surface area contributed by atoms with Gasteiger partial charge < -0.3 is 4.74 Å². The van der Waals surface area contributed by atoms with Crippen molar-refractivity contribution in [2.45, 2.75) is 6.92 Å². The highest BCUT2D eigenvalue weighted by Gasteiger charge is 2.15. The normalized spacial score (nSPS) is 10.4. The van der Waals surface area contributed by atoms with Crippen molar-refractivity contribution >= 4 is 6.29 Å². The molecule has 6 heteroatoms. The van der Waals surface area contributed by atoms with Gasteiger partial charge in [-0.1, -0.05) is 5.21 Å². The molecule has 2 heterocycles. The highest BCUT2D eigenvalue weighted by molar-refractivity contribution is 5.83. The Bertz CT molecular complexity index is 767. The molecule has 3 aromatic rings. The van der Waals surface area contributed by atoms with E-state index in [9.17, 15) is 4.79 Å². The van der Waals surface area contributed by atoms with Gasteiger partial charge in [0.2, 0.25) is 0 Å². The first-order valence-corrected chi connectivity index (χ1v) is 6.88. The molecule has 0 aliphatic heterocycles. The topological polar surface area (TPSA) is 69.9 Å². The van der Waals surface area contributed by atoms with Crippen molar-refractivity contribution in [1.82, 2.24) is 20.0 Å². The number of hydrogen-bond donors (Lipinski definition) is 0. The van der Waals surface area contributed by atoms with Gasteiger partial charge in [-0.2, -0.15) is 0 Å². The third kappa shape index (κ3) is 2.58. The quantitative estimate of drug-likeness (QED) is 0.676. The molecule has 110 valence electrons. The van der Waals surface area contributed by atoms with Crippen LogP contribution in [0, 0.1) is 0 Å². The maximum Gasteiger partial charge on any atom is 0.172 e. The molecule has 1 aromatic carbocycles. The summed E-state index contributed by atoms with van der Waals surface area (Å²) in [6.07, 6.45) is 4.05. The first-order chi connectivity index (χ1) is 10.8. The Hall–Kier alpha value is -3.02. The van der Waals surface area contributed by atoms with Crippen molar-refractivity contribution in [2.75, 3.05) is 6.61 Å². The lowest BCUT2D eigenvalue weighted by Crippen LogP contribution is -2.00. The minimum absolute atomic E-state index is 0.280. The SMILES string of the molecule is CCOc1ccc(-n2nnc(C=O)c2-c2cccnc2)cc1. The molecular weight excluding hydrogens is 280 g/mol. The molecule has 0 aliphatic rings. The van der Waals surface area contributed by atoms with Crippen LogP contribution in [0.2, 0.25) is 0 Å². The van der Waals surface area contributed by atoms with Gasteiger partial charge in [0, 0.05) is 18.0 Å². The molecule has 0 saturated heterocycles. The predicted octanol–water partition coefficient (Wildman–Crippen LogP) is 2.54. The molecule has 22 heavy (non-hydrogen) atoms. The van der Waals surface area contributed by atoms with Crippen LogP contribution in [0.3, 0.4) is 0 Å². The summed E-state index contributed by atoms with van der Waals surface area (Å²) in [4.78, 5) is 15.3. The van der Waals surface area contributed by atoms with Gasteiger partial charge >= 0.3 is 0 Å². The number of hydrogen-bond acceptors (Lipinski definition) is 5. The van der Waals surface area contributed by atoms with Crippen LogP contribution in [0.25, 0.3) is 16.9 Å². The summed E-state index contributed by atoms with van der Waals surface area (Å²) in [5.41, 5.74) is 2.47. The Morgan fingerprint density at radius 1 is 1.23 bits per heavy atom. The maximum atomic E-state index is 11.2. The number of pyridine rings is 1. The zero-order valence-corrected chi connectivity index (χ0v) is 12.0. The summed E-state index contributed by atoms with van der Waals surface area (Å²) in [5.74, 6) is 0.782. The summed E-state index contributed by atoms with van der Waals surface area (Å²) in [7, 11) is 0. The monoisotopic (exact) mass is 294 g/mol. The van der Waals surface area contributed by atoms with Crippen LogP contribution in [0.1, 0.15) is 17.4 Å². The van der Waals surface area contributed by atoms with Crippen molar-refractivity contribution in [3.8, 4) is 22.7 Å². The average Bonchev–Trinajstić information content (AvgIpc) is 3.00. The molecule has 0 bridgehead atoms. The highest BCUT2D eigenvalue weighted by atomic mass is 16.5. The molecule has 6 nitrogen and oxygen atoms in total. The Morgan fingerprint density at radius 3 is 2.68 bits per heavy atom. The molecule has 0 saturated carbocycles. The summed E-state index contributed by atoms with van der Waals surface area (Å²) < 4.78 is 7.05. The van der Waals surface area contributed by atoms with Gasteiger partial charge in [-0.15, -0.1) is 5.10 Å². The van der Waals surface area contributed by atoms with Crippen molar-refractivity contribution < 1.29 is 9.53 Å². The van der Waals surface area contributed by atoms with Crippen molar-refractivity contribution in [2.24, 2.45) is 0 Å². The third-order valence-electron chi connectivity index (χ3n) is 3.14. The van der Waals surface area contributed by atoms with E-state index in [4.69, 9.17) is 4.74 Å². The van der Waals surface area contributed by atoms with Crippen molar-refractivity contribution in [3.05, 3.63) is 54.5 Å².